The van der Waals surface area contributed by atoms with Crippen molar-refractivity contribution >= 4 is 5.91 Å². The number of fused-ring (bicyclic) bond motifs is 1. The van der Waals surface area contributed by atoms with Gasteiger partial charge in [0.1, 0.15) is 0 Å². The lowest BCUT2D eigenvalue weighted by molar-refractivity contribution is -0.142. The van der Waals surface area contributed by atoms with Gasteiger partial charge in [-0.15, -0.1) is 0 Å². The number of carbonyl (C=O) groups is 1. The number of hydrogen-bond acceptors (Lipinski definition) is 3. The van der Waals surface area contributed by atoms with Crippen LogP contribution in [0.25, 0.3) is 0 Å². The average molecular weight is 183 g/mol. The Morgan fingerprint density at radius 3 is 2.62 bits per heavy atom. The molecule has 2 heterocycles. The number of piperazine rings is 2. The molecule has 0 N–H and O–H groups in total. The van der Waals surface area contributed by atoms with Crippen LogP contribution < -0.4 is 0 Å². The van der Waals surface area contributed by atoms with Crippen molar-refractivity contribution in [3.8, 4) is 0 Å². The normalized spacial score (nSPS) is 32.0. The third kappa shape index (κ3) is 1.69. The highest BCUT2D eigenvalue weighted by molar-refractivity contribution is 5.79. The molecule has 2 rings (SSSR count). The second kappa shape index (κ2) is 3.27. The van der Waals surface area contributed by atoms with Crippen LogP contribution >= 0.6 is 0 Å². The van der Waals surface area contributed by atoms with Crippen LogP contribution in [-0.2, 0) is 4.79 Å². The van der Waals surface area contributed by atoms with Crippen molar-refractivity contribution in [2.75, 3.05) is 46.8 Å². The molecule has 2 aliphatic heterocycles. The van der Waals surface area contributed by atoms with Crippen molar-refractivity contribution in [1.82, 2.24) is 14.7 Å². The zero-order valence-electron chi connectivity index (χ0n) is 8.36. The predicted octanol–water partition coefficient (Wildman–Crippen LogP) is -0.926. The number of nitrogens with zero attached hydrogens (tertiary/aromatic N) is 3. The summed E-state index contributed by atoms with van der Waals surface area (Å²) in [6.07, 6.45) is 0. The molecule has 0 aromatic heterocycles. The summed E-state index contributed by atoms with van der Waals surface area (Å²) < 4.78 is 0. The number of rotatable bonds is 0. The summed E-state index contributed by atoms with van der Waals surface area (Å²) in [6, 6.07) is 0.421. The molecule has 0 saturated carbocycles. The Morgan fingerprint density at radius 1 is 1.15 bits per heavy atom. The Kier molecular flexibility index (Phi) is 2.26. The second-order valence-corrected chi connectivity index (χ2v) is 4.20. The maximum atomic E-state index is 11.6. The molecule has 0 aromatic carbocycles. The smallest absolute Gasteiger partial charge is 0.237 e. The lowest BCUT2D eigenvalue weighted by atomic mass is 10.1. The first kappa shape index (κ1) is 8.97. The van der Waals surface area contributed by atoms with Crippen molar-refractivity contribution in [2.45, 2.75) is 6.04 Å². The van der Waals surface area contributed by atoms with Crippen molar-refractivity contribution in [3.63, 3.8) is 0 Å². The maximum absolute atomic E-state index is 11.6. The fourth-order valence-electron chi connectivity index (χ4n) is 2.24. The van der Waals surface area contributed by atoms with E-state index in [2.05, 4.69) is 16.8 Å². The minimum atomic E-state index is 0.298. The minimum Gasteiger partial charge on any atom is -0.335 e. The predicted molar refractivity (Wildman–Crippen MR) is 50.5 cm³/mol. The quantitative estimate of drug-likeness (QED) is 0.486. The number of likely N-dealkylation sites (N-methyl/N-ethyl adjacent to an activating group) is 2. The summed E-state index contributed by atoms with van der Waals surface area (Å²) in [5.74, 6) is 0.298. The Labute approximate surface area is 79.1 Å². The molecule has 0 bridgehead atoms. The molecule has 2 saturated heterocycles. The van der Waals surface area contributed by atoms with Gasteiger partial charge in [0.25, 0.3) is 0 Å². The molecule has 1 atom stereocenters. The van der Waals surface area contributed by atoms with Gasteiger partial charge in [-0.2, -0.15) is 0 Å². The highest BCUT2D eigenvalue weighted by atomic mass is 16.2. The second-order valence-electron chi connectivity index (χ2n) is 4.20. The van der Waals surface area contributed by atoms with E-state index in [-0.39, 0.29) is 0 Å². The molecule has 74 valence electrons. The molecule has 2 fully saturated rings. The Morgan fingerprint density at radius 2 is 1.85 bits per heavy atom. The first-order valence-electron chi connectivity index (χ1n) is 4.83. The molecule has 4 heteroatoms. The largest absolute Gasteiger partial charge is 0.335 e. The molecule has 1 amide bonds. The Balaban J connectivity index is 2.06. The Bertz CT molecular complexity index is 217. The summed E-state index contributed by atoms with van der Waals surface area (Å²) in [5, 5.41) is 0. The van der Waals surface area contributed by atoms with Gasteiger partial charge < -0.3 is 9.80 Å². The van der Waals surface area contributed by atoms with Crippen LogP contribution in [0.4, 0.5) is 0 Å². The van der Waals surface area contributed by atoms with E-state index in [1.54, 1.807) is 0 Å². The van der Waals surface area contributed by atoms with Crippen molar-refractivity contribution in [2.24, 2.45) is 0 Å². The SMILES string of the molecule is CN1CCN2C(=O)CN(C)CC2C1. The van der Waals surface area contributed by atoms with Gasteiger partial charge in [-0.3, -0.25) is 9.69 Å². The van der Waals surface area contributed by atoms with Crippen LogP contribution in [0.5, 0.6) is 0 Å². The fraction of sp³-hybridized carbons (Fsp3) is 0.889. The van der Waals surface area contributed by atoms with E-state index >= 15 is 0 Å². The van der Waals surface area contributed by atoms with E-state index in [4.69, 9.17) is 0 Å². The molecule has 13 heavy (non-hydrogen) atoms. The van der Waals surface area contributed by atoms with Gasteiger partial charge in [0.2, 0.25) is 5.91 Å². The van der Waals surface area contributed by atoms with E-state index in [0.29, 0.717) is 18.5 Å². The van der Waals surface area contributed by atoms with E-state index in [0.717, 1.165) is 26.2 Å². The maximum Gasteiger partial charge on any atom is 0.237 e. The number of hydrogen-bond donors (Lipinski definition) is 0. The van der Waals surface area contributed by atoms with Crippen molar-refractivity contribution in [3.05, 3.63) is 0 Å². The monoisotopic (exact) mass is 183 g/mol. The van der Waals surface area contributed by atoms with Gasteiger partial charge in [0.15, 0.2) is 0 Å². The molecular formula is C9H17N3O. The summed E-state index contributed by atoms with van der Waals surface area (Å²) in [4.78, 5) is 18.1. The topological polar surface area (TPSA) is 26.8 Å². The average Bonchev–Trinajstić information content (AvgIpc) is 2.02. The summed E-state index contributed by atoms with van der Waals surface area (Å²) in [6.45, 7) is 4.58. The van der Waals surface area contributed by atoms with Crippen LogP contribution in [0, 0.1) is 0 Å². The van der Waals surface area contributed by atoms with Crippen LogP contribution in [0.2, 0.25) is 0 Å². The van der Waals surface area contributed by atoms with Gasteiger partial charge in [-0.05, 0) is 14.1 Å². The van der Waals surface area contributed by atoms with Crippen molar-refractivity contribution in [1.29, 1.82) is 0 Å². The first-order chi connectivity index (χ1) is 6.16. The van der Waals surface area contributed by atoms with Crippen LogP contribution in [0.3, 0.4) is 0 Å². The number of carbonyl (C=O) groups excluding carboxylic acids is 1. The Hall–Kier alpha value is -0.610. The van der Waals surface area contributed by atoms with E-state index in [1.165, 1.54) is 0 Å². The van der Waals surface area contributed by atoms with Gasteiger partial charge in [-0.1, -0.05) is 0 Å². The summed E-state index contributed by atoms with van der Waals surface area (Å²) >= 11 is 0. The van der Waals surface area contributed by atoms with Crippen LogP contribution in [-0.4, -0.2) is 73.5 Å². The standard InChI is InChI=1S/C9H17N3O/c1-10-3-4-12-8(5-10)6-11(2)7-9(12)13/h8H,3-7H2,1-2H3. The fourth-order valence-corrected chi connectivity index (χ4v) is 2.24. The zero-order valence-corrected chi connectivity index (χ0v) is 8.36. The van der Waals surface area contributed by atoms with Crippen molar-refractivity contribution < 1.29 is 4.79 Å². The molecule has 0 radical (unpaired) electrons. The highest BCUT2D eigenvalue weighted by Crippen LogP contribution is 2.14. The van der Waals surface area contributed by atoms with Crippen LogP contribution in [0.1, 0.15) is 0 Å². The zero-order chi connectivity index (χ0) is 9.42. The number of amides is 1. The van der Waals surface area contributed by atoms with Gasteiger partial charge in [0.05, 0.1) is 12.6 Å². The molecule has 1 unspecified atom stereocenters. The molecule has 4 nitrogen and oxygen atoms in total. The van der Waals surface area contributed by atoms with Gasteiger partial charge in [-0.25, -0.2) is 0 Å². The molecule has 0 spiro atoms. The van der Waals surface area contributed by atoms with E-state index in [9.17, 15) is 4.79 Å². The molecule has 0 aromatic rings. The minimum absolute atomic E-state index is 0.298. The van der Waals surface area contributed by atoms with Crippen LogP contribution in [0.15, 0.2) is 0 Å². The third-order valence-electron chi connectivity index (χ3n) is 2.93. The summed E-state index contributed by atoms with van der Waals surface area (Å²) in [5.41, 5.74) is 0. The lowest BCUT2D eigenvalue weighted by Gasteiger charge is -2.45. The third-order valence-corrected chi connectivity index (χ3v) is 2.93. The molecule has 2 aliphatic rings. The molecule has 0 aliphatic carbocycles. The molecular weight excluding hydrogens is 166 g/mol. The lowest BCUT2D eigenvalue weighted by Crippen LogP contribution is -2.62. The highest BCUT2D eigenvalue weighted by Gasteiger charge is 2.33. The van der Waals surface area contributed by atoms with E-state index in [1.807, 2.05) is 11.9 Å². The first-order valence-corrected chi connectivity index (χ1v) is 4.83. The van der Waals surface area contributed by atoms with E-state index < -0.39 is 0 Å². The summed E-state index contributed by atoms with van der Waals surface area (Å²) in [7, 11) is 4.14. The van der Waals surface area contributed by atoms with Gasteiger partial charge >= 0.3 is 0 Å². The van der Waals surface area contributed by atoms with Gasteiger partial charge in [0, 0.05) is 26.2 Å².